The lowest BCUT2D eigenvalue weighted by Gasteiger charge is -2.15. The van der Waals surface area contributed by atoms with Crippen LogP contribution in [-0.2, 0) is 17.8 Å². The Labute approximate surface area is 179 Å². The lowest BCUT2D eigenvalue weighted by Crippen LogP contribution is -2.26. The molecule has 0 fully saturated rings. The van der Waals surface area contributed by atoms with Crippen LogP contribution in [0.3, 0.4) is 0 Å². The van der Waals surface area contributed by atoms with Gasteiger partial charge in [-0.05, 0) is 36.6 Å². The molecule has 0 bridgehead atoms. The van der Waals surface area contributed by atoms with Crippen molar-refractivity contribution in [3.63, 3.8) is 0 Å². The summed E-state index contributed by atoms with van der Waals surface area (Å²) in [7, 11) is 0. The maximum absolute atomic E-state index is 13.0. The Morgan fingerprint density at radius 3 is 2.67 bits per heavy atom. The number of aryl methyl sites for hydroxylation is 1. The van der Waals surface area contributed by atoms with Crippen LogP contribution < -0.4 is 16.2 Å². The number of amides is 1. The SMILES string of the molecule is CC(=O)NCc1cc(O)c(-n2c(C)cnc(NCCc3ccccc3)c2=O)cc1Cl. The number of carbonyl (C=O) groups is 1. The highest BCUT2D eigenvalue weighted by Gasteiger charge is 2.15. The maximum Gasteiger partial charge on any atom is 0.298 e. The highest BCUT2D eigenvalue weighted by Crippen LogP contribution is 2.29. The number of hydrogen-bond acceptors (Lipinski definition) is 5. The molecule has 3 aromatic rings. The number of aromatic hydroxyl groups is 1. The Kier molecular flexibility index (Phi) is 6.74. The molecule has 30 heavy (non-hydrogen) atoms. The first-order valence-electron chi connectivity index (χ1n) is 9.49. The molecule has 0 aliphatic heterocycles. The van der Waals surface area contributed by atoms with Crippen LogP contribution in [-0.4, -0.2) is 27.1 Å². The van der Waals surface area contributed by atoms with Crippen molar-refractivity contribution in [1.29, 1.82) is 0 Å². The summed E-state index contributed by atoms with van der Waals surface area (Å²) in [6.45, 7) is 3.84. The van der Waals surface area contributed by atoms with E-state index < -0.39 is 0 Å². The summed E-state index contributed by atoms with van der Waals surface area (Å²) in [6, 6.07) is 12.9. The molecule has 0 saturated carbocycles. The topological polar surface area (TPSA) is 96.2 Å². The lowest BCUT2D eigenvalue weighted by atomic mass is 10.1. The van der Waals surface area contributed by atoms with Crippen molar-refractivity contribution in [2.75, 3.05) is 11.9 Å². The van der Waals surface area contributed by atoms with E-state index in [4.69, 9.17) is 11.6 Å². The van der Waals surface area contributed by atoms with E-state index >= 15 is 0 Å². The zero-order valence-corrected chi connectivity index (χ0v) is 17.5. The minimum Gasteiger partial charge on any atom is -0.506 e. The number of nitrogens with one attached hydrogen (secondary N) is 2. The average Bonchev–Trinajstić information content (AvgIpc) is 2.71. The monoisotopic (exact) mass is 426 g/mol. The molecule has 0 saturated heterocycles. The Hall–Kier alpha value is -3.32. The third-order valence-electron chi connectivity index (χ3n) is 4.60. The molecule has 1 amide bonds. The number of carbonyl (C=O) groups excluding carboxylic acids is 1. The highest BCUT2D eigenvalue weighted by atomic mass is 35.5. The Morgan fingerprint density at radius 1 is 1.23 bits per heavy atom. The fraction of sp³-hybridized carbons (Fsp3) is 0.227. The zero-order valence-electron chi connectivity index (χ0n) is 16.8. The molecule has 0 aliphatic carbocycles. The van der Waals surface area contributed by atoms with Crippen LogP contribution in [0.4, 0.5) is 5.82 Å². The van der Waals surface area contributed by atoms with Gasteiger partial charge in [0.1, 0.15) is 5.75 Å². The standard InChI is InChI=1S/C22H23ClN4O3/c1-14-12-26-21(24-9-8-16-6-4-3-5-7-16)22(30)27(14)19-11-18(23)17(10-20(19)29)13-25-15(2)28/h3-7,10-12,29H,8-9,13H2,1-2H3,(H,24,26)(H,25,28). The number of phenols is 1. The van der Waals surface area contributed by atoms with Crippen LogP contribution >= 0.6 is 11.6 Å². The normalized spacial score (nSPS) is 10.6. The molecular formula is C22H23ClN4O3. The molecule has 0 atom stereocenters. The van der Waals surface area contributed by atoms with E-state index in [0.29, 0.717) is 22.8 Å². The van der Waals surface area contributed by atoms with Gasteiger partial charge in [0, 0.05) is 36.9 Å². The van der Waals surface area contributed by atoms with Gasteiger partial charge in [0.25, 0.3) is 5.56 Å². The molecule has 3 N–H and O–H groups in total. The van der Waals surface area contributed by atoms with E-state index in [1.165, 1.54) is 23.6 Å². The third kappa shape index (κ3) is 4.99. The van der Waals surface area contributed by atoms with Gasteiger partial charge in [0.2, 0.25) is 5.91 Å². The first-order chi connectivity index (χ1) is 14.4. The van der Waals surface area contributed by atoms with Crippen LogP contribution in [0.5, 0.6) is 5.75 Å². The number of rotatable bonds is 7. The van der Waals surface area contributed by atoms with Crippen LogP contribution in [0.2, 0.25) is 5.02 Å². The summed E-state index contributed by atoms with van der Waals surface area (Å²) >= 11 is 6.32. The van der Waals surface area contributed by atoms with Gasteiger partial charge in [-0.1, -0.05) is 41.9 Å². The van der Waals surface area contributed by atoms with Crippen molar-refractivity contribution < 1.29 is 9.90 Å². The Bertz CT molecular complexity index is 1110. The molecule has 8 heteroatoms. The second kappa shape index (κ2) is 9.45. The summed E-state index contributed by atoms with van der Waals surface area (Å²) in [5.41, 5.74) is 2.12. The number of phenolic OH excluding ortho intramolecular Hbond substituents is 1. The number of hydrogen-bond donors (Lipinski definition) is 3. The van der Waals surface area contributed by atoms with E-state index in [0.717, 1.165) is 12.0 Å². The molecule has 7 nitrogen and oxygen atoms in total. The van der Waals surface area contributed by atoms with Crippen molar-refractivity contribution in [1.82, 2.24) is 14.9 Å². The summed E-state index contributed by atoms with van der Waals surface area (Å²) in [5.74, 6) is -0.136. The molecule has 2 aromatic carbocycles. The lowest BCUT2D eigenvalue weighted by molar-refractivity contribution is -0.119. The van der Waals surface area contributed by atoms with E-state index in [2.05, 4.69) is 15.6 Å². The molecule has 0 radical (unpaired) electrons. The number of halogens is 1. The summed E-state index contributed by atoms with van der Waals surface area (Å²) < 4.78 is 1.36. The van der Waals surface area contributed by atoms with Gasteiger partial charge < -0.3 is 15.7 Å². The van der Waals surface area contributed by atoms with E-state index in [1.807, 2.05) is 30.3 Å². The van der Waals surface area contributed by atoms with Crippen molar-refractivity contribution in [3.05, 3.63) is 80.9 Å². The summed E-state index contributed by atoms with van der Waals surface area (Å²) in [4.78, 5) is 28.4. The van der Waals surface area contributed by atoms with Gasteiger partial charge in [0.15, 0.2) is 5.82 Å². The Morgan fingerprint density at radius 2 is 1.97 bits per heavy atom. The number of aromatic nitrogens is 2. The molecular weight excluding hydrogens is 404 g/mol. The fourth-order valence-corrected chi connectivity index (χ4v) is 3.28. The Balaban J connectivity index is 1.87. The molecule has 156 valence electrons. The minimum absolute atomic E-state index is 0.119. The van der Waals surface area contributed by atoms with E-state index in [1.54, 1.807) is 13.1 Å². The van der Waals surface area contributed by atoms with E-state index in [9.17, 15) is 14.7 Å². The summed E-state index contributed by atoms with van der Waals surface area (Å²) in [6.07, 6.45) is 2.30. The molecule has 1 aromatic heterocycles. The molecule has 0 unspecified atom stereocenters. The van der Waals surface area contributed by atoms with Crippen LogP contribution in [0.15, 0.2) is 53.5 Å². The van der Waals surface area contributed by atoms with Gasteiger partial charge in [0.05, 0.1) is 5.69 Å². The maximum atomic E-state index is 13.0. The van der Waals surface area contributed by atoms with Gasteiger partial charge in [-0.3, -0.25) is 14.2 Å². The number of nitrogens with zero attached hydrogens (tertiary/aromatic N) is 2. The van der Waals surface area contributed by atoms with E-state index in [-0.39, 0.29) is 35.3 Å². The summed E-state index contributed by atoms with van der Waals surface area (Å²) in [5, 5.41) is 16.6. The van der Waals surface area contributed by atoms with Crippen LogP contribution in [0.25, 0.3) is 5.69 Å². The smallest absolute Gasteiger partial charge is 0.298 e. The molecule has 3 rings (SSSR count). The second-order valence-corrected chi connectivity index (χ2v) is 7.30. The quantitative estimate of drug-likeness (QED) is 0.539. The molecule has 1 heterocycles. The molecule has 0 spiro atoms. The van der Waals surface area contributed by atoms with Crippen molar-refractivity contribution in [3.8, 4) is 11.4 Å². The highest BCUT2D eigenvalue weighted by molar-refractivity contribution is 6.31. The van der Waals surface area contributed by atoms with Crippen molar-refractivity contribution >= 4 is 23.3 Å². The predicted molar refractivity (Wildman–Crippen MR) is 117 cm³/mol. The van der Waals surface area contributed by atoms with Gasteiger partial charge in [-0.2, -0.15) is 0 Å². The van der Waals surface area contributed by atoms with Crippen LogP contribution in [0, 0.1) is 6.92 Å². The first kappa shape index (κ1) is 21.4. The number of anilines is 1. The second-order valence-electron chi connectivity index (χ2n) is 6.89. The van der Waals surface area contributed by atoms with Crippen molar-refractivity contribution in [2.24, 2.45) is 0 Å². The molecule has 0 aliphatic rings. The third-order valence-corrected chi connectivity index (χ3v) is 4.95. The average molecular weight is 427 g/mol. The van der Waals surface area contributed by atoms with Gasteiger partial charge in [-0.15, -0.1) is 0 Å². The fourth-order valence-electron chi connectivity index (χ4n) is 3.06. The minimum atomic E-state index is -0.385. The zero-order chi connectivity index (χ0) is 21.7. The largest absolute Gasteiger partial charge is 0.506 e. The predicted octanol–water partition coefficient (Wildman–Crippen LogP) is 3.19. The van der Waals surface area contributed by atoms with Gasteiger partial charge >= 0.3 is 0 Å². The number of benzene rings is 2. The van der Waals surface area contributed by atoms with Gasteiger partial charge in [-0.25, -0.2) is 4.98 Å². The van der Waals surface area contributed by atoms with Crippen molar-refractivity contribution in [2.45, 2.75) is 26.8 Å². The van der Waals surface area contributed by atoms with Crippen LogP contribution in [0.1, 0.15) is 23.7 Å². The first-order valence-corrected chi connectivity index (χ1v) is 9.87.